The quantitative estimate of drug-likeness (QED) is 0.599. The topological polar surface area (TPSA) is 29.5 Å². The molecule has 1 aliphatic heterocycles. The van der Waals surface area contributed by atoms with Crippen LogP contribution in [0.2, 0.25) is 0 Å². The Bertz CT molecular complexity index is 147. The maximum absolute atomic E-state index is 9.75. The number of aliphatic hydroxyl groups is 1. The minimum absolute atomic E-state index is 0.0816. The van der Waals surface area contributed by atoms with E-state index in [9.17, 15) is 5.11 Å². The molecule has 1 saturated heterocycles. The van der Waals surface area contributed by atoms with Gasteiger partial charge in [-0.1, -0.05) is 19.3 Å². The lowest BCUT2D eigenvalue weighted by Gasteiger charge is -2.34. The van der Waals surface area contributed by atoms with Crippen LogP contribution in [0.5, 0.6) is 0 Å². The van der Waals surface area contributed by atoms with E-state index in [1.165, 1.54) is 32.1 Å². The highest BCUT2D eigenvalue weighted by Crippen LogP contribution is 2.32. The van der Waals surface area contributed by atoms with Crippen LogP contribution >= 0.6 is 0 Å². The lowest BCUT2D eigenvalue weighted by atomic mass is 9.88. The average molecular weight is 170 g/mol. The molecule has 0 bridgehead atoms. The van der Waals surface area contributed by atoms with Gasteiger partial charge in [-0.25, -0.2) is 0 Å². The van der Waals surface area contributed by atoms with Crippen molar-refractivity contribution < 1.29 is 9.84 Å². The van der Waals surface area contributed by atoms with Crippen molar-refractivity contribution in [3.8, 4) is 0 Å². The predicted octanol–water partition coefficient (Wildman–Crippen LogP) is 1.72. The molecule has 2 aliphatic rings. The lowest BCUT2D eigenvalue weighted by molar-refractivity contribution is -0.0936. The Labute approximate surface area is 73.9 Å². The number of rotatable bonds is 0. The summed E-state index contributed by atoms with van der Waals surface area (Å²) in [6.45, 7) is 0.766. The highest BCUT2D eigenvalue weighted by atomic mass is 16.5. The molecule has 2 heteroatoms. The molecule has 2 fully saturated rings. The molecule has 1 aliphatic carbocycles. The van der Waals surface area contributed by atoms with Crippen LogP contribution in [0, 0.1) is 5.92 Å². The fourth-order valence-corrected chi connectivity index (χ4v) is 2.50. The molecule has 0 spiro atoms. The third kappa shape index (κ3) is 1.64. The summed E-state index contributed by atoms with van der Waals surface area (Å²) in [6, 6.07) is 0. The zero-order valence-electron chi connectivity index (χ0n) is 7.54. The van der Waals surface area contributed by atoms with Gasteiger partial charge < -0.3 is 9.84 Å². The molecule has 1 heterocycles. The molecule has 0 aromatic heterocycles. The average Bonchev–Trinajstić information content (AvgIpc) is 2.30. The normalized spacial score (nSPS) is 43.2. The zero-order valence-corrected chi connectivity index (χ0v) is 7.54. The Balaban J connectivity index is 2.00. The van der Waals surface area contributed by atoms with Crippen molar-refractivity contribution in [2.75, 3.05) is 6.61 Å². The van der Waals surface area contributed by atoms with Crippen molar-refractivity contribution in [1.29, 1.82) is 0 Å². The molecule has 1 saturated carbocycles. The fourth-order valence-electron chi connectivity index (χ4n) is 2.50. The van der Waals surface area contributed by atoms with E-state index in [1.54, 1.807) is 0 Å². The molecule has 12 heavy (non-hydrogen) atoms. The van der Waals surface area contributed by atoms with E-state index in [0.29, 0.717) is 12.0 Å². The van der Waals surface area contributed by atoms with Crippen LogP contribution in [-0.4, -0.2) is 23.9 Å². The Hall–Kier alpha value is -0.0800. The monoisotopic (exact) mass is 170 g/mol. The number of hydrogen-bond acceptors (Lipinski definition) is 2. The summed E-state index contributed by atoms with van der Waals surface area (Å²) in [4.78, 5) is 0. The molecule has 2 nitrogen and oxygen atoms in total. The summed E-state index contributed by atoms with van der Waals surface area (Å²) in [6.07, 6.45) is 7.37. The first-order valence-electron chi connectivity index (χ1n) is 5.17. The second kappa shape index (κ2) is 3.75. The number of hydrogen-bond donors (Lipinski definition) is 1. The van der Waals surface area contributed by atoms with E-state index in [-0.39, 0.29) is 6.10 Å². The van der Waals surface area contributed by atoms with Gasteiger partial charge >= 0.3 is 0 Å². The van der Waals surface area contributed by atoms with Crippen molar-refractivity contribution in [1.82, 2.24) is 0 Å². The highest BCUT2D eigenvalue weighted by Gasteiger charge is 2.33. The van der Waals surface area contributed by atoms with E-state index in [0.717, 1.165) is 13.0 Å². The smallest absolute Gasteiger partial charge is 0.0628 e. The molecular weight excluding hydrogens is 152 g/mol. The molecule has 0 amide bonds. The number of aliphatic hydroxyl groups excluding tert-OH is 1. The third-order valence-electron chi connectivity index (χ3n) is 3.24. The molecule has 0 aromatic carbocycles. The largest absolute Gasteiger partial charge is 0.393 e. The lowest BCUT2D eigenvalue weighted by Crippen LogP contribution is -2.38. The number of ether oxygens (including phenoxy) is 1. The predicted molar refractivity (Wildman–Crippen MR) is 46.9 cm³/mol. The van der Waals surface area contributed by atoms with Crippen LogP contribution < -0.4 is 0 Å². The Kier molecular flexibility index (Phi) is 2.66. The molecule has 0 radical (unpaired) electrons. The molecule has 3 atom stereocenters. The Morgan fingerprint density at radius 1 is 1.00 bits per heavy atom. The van der Waals surface area contributed by atoms with Gasteiger partial charge in [-0.3, -0.25) is 0 Å². The molecular formula is C10H18O2. The van der Waals surface area contributed by atoms with Gasteiger partial charge in [0, 0.05) is 12.5 Å². The summed E-state index contributed by atoms with van der Waals surface area (Å²) < 4.78 is 5.67. The van der Waals surface area contributed by atoms with Crippen molar-refractivity contribution in [3.05, 3.63) is 0 Å². The van der Waals surface area contributed by atoms with E-state index in [1.807, 2.05) is 0 Å². The van der Waals surface area contributed by atoms with Crippen LogP contribution in [0.3, 0.4) is 0 Å². The van der Waals surface area contributed by atoms with Gasteiger partial charge in [-0.2, -0.15) is 0 Å². The van der Waals surface area contributed by atoms with E-state index in [2.05, 4.69) is 0 Å². The van der Waals surface area contributed by atoms with Gasteiger partial charge in [0.2, 0.25) is 0 Å². The van der Waals surface area contributed by atoms with Crippen LogP contribution in [-0.2, 0) is 4.74 Å². The van der Waals surface area contributed by atoms with Crippen molar-refractivity contribution in [3.63, 3.8) is 0 Å². The second-order valence-corrected chi connectivity index (χ2v) is 4.07. The first-order chi connectivity index (χ1) is 5.88. The van der Waals surface area contributed by atoms with E-state index >= 15 is 0 Å². The van der Waals surface area contributed by atoms with Crippen LogP contribution in [0.15, 0.2) is 0 Å². The van der Waals surface area contributed by atoms with Crippen molar-refractivity contribution in [2.45, 2.75) is 50.7 Å². The van der Waals surface area contributed by atoms with Gasteiger partial charge in [0.25, 0.3) is 0 Å². The van der Waals surface area contributed by atoms with E-state index < -0.39 is 0 Å². The standard InChI is InChI=1S/C10H18O2/c11-9-6-7-12-10-5-3-1-2-4-8(9)10/h8-11H,1-7H2. The molecule has 1 N–H and O–H groups in total. The molecule has 0 aromatic rings. The Morgan fingerprint density at radius 2 is 1.83 bits per heavy atom. The highest BCUT2D eigenvalue weighted by molar-refractivity contribution is 4.83. The second-order valence-electron chi connectivity index (χ2n) is 4.07. The number of fused-ring (bicyclic) bond motifs is 1. The van der Waals surface area contributed by atoms with Gasteiger partial charge in [0.15, 0.2) is 0 Å². The van der Waals surface area contributed by atoms with Crippen LogP contribution in [0.25, 0.3) is 0 Å². The maximum Gasteiger partial charge on any atom is 0.0628 e. The van der Waals surface area contributed by atoms with Crippen molar-refractivity contribution >= 4 is 0 Å². The van der Waals surface area contributed by atoms with Gasteiger partial charge in [0.1, 0.15) is 0 Å². The first kappa shape index (κ1) is 8.52. The summed E-state index contributed by atoms with van der Waals surface area (Å²) in [5, 5.41) is 9.75. The summed E-state index contributed by atoms with van der Waals surface area (Å²) in [5.74, 6) is 0.446. The molecule has 2 rings (SSSR count). The van der Waals surface area contributed by atoms with Crippen LogP contribution in [0.4, 0.5) is 0 Å². The molecule has 3 unspecified atom stereocenters. The van der Waals surface area contributed by atoms with Crippen LogP contribution in [0.1, 0.15) is 38.5 Å². The van der Waals surface area contributed by atoms with Gasteiger partial charge in [-0.15, -0.1) is 0 Å². The summed E-state index contributed by atoms with van der Waals surface area (Å²) in [7, 11) is 0. The SMILES string of the molecule is OC1CCOC2CCCCCC12. The minimum atomic E-state index is -0.0816. The first-order valence-corrected chi connectivity index (χ1v) is 5.17. The zero-order chi connectivity index (χ0) is 8.39. The summed E-state index contributed by atoms with van der Waals surface area (Å²) in [5.41, 5.74) is 0. The fraction of sp³-hybridized carbons (Fsp3) is 1.00. The maximum atomic E-state index is 9.75. The van der Waals surface area contributed by atoms with Gasteiger partial charge in [-0.05, 0) is 19.3 Å². The summed E-state index contributed by atoms with van der Waals surface area (Å²) >= 11 is 0. The van der Waals surface area contributed by atoms with Crippen molar-refractivity contribution in [2.24, 2.45) is 5.92 Å². The van der Waals surface area contributed by atoms with E-state index in [4.69, 9.17) is 4.74 Å². The Morgan fingerprint density at radius 3 is 2.75 bits per heavy atom. The third-order valence-corrected chi connectivity index (χ3v) is 3.24. The minimum Gasteiger partial charge on any atom is -0.393 e. The van der Waals surface area contributed by atoms with Gasteiger partial charge in [0.05, 0.1) is 12.2 Å². The molecule has 70 valence electrons.